The van der Waals surface area contributed by atoms with E-state index in [0.717, 1.165) is 0 Å². The molecule has 0 spiro atoms. The minimum absolute atomic E-state index is 0.0692. The minimum Gasteiger partial charge on any atom is -0.495 e. The number of aliphatic hydroxyl groups is 1. The highest BCUT2D eigenvalue weighted by molar-refractivity contribution is 5.91. The zero-order chi connectivity index (χ0) is 12.3. The average molecular weight is 236 g/mol. The number of urea groups is 1. The van der Waals surface area contributed by atoms with Crippen LogP contribution in [-0.2, 0) is 0 Å². The van der Waals surface area contributed by atoms with E-state index in [1.807, 2.05) is 12.1 Å². The second-order valence-electron chi connectivity index (χ2n) is 4.12. The first-order valence-corrected chi connectivity index (χ1v) is 5.57. The predicted octanol–water partition coefficient (Wildman–Crippen LogP) is 1.34. The number of benzene rings is 1. The van der Waals surface area contributed by atoms with Crippen LogP contribution in [0.3, 0.4) is 0 Å². The number of aliphatic hydroxyl groups excluding tert-OH is 1. The van der Waals surface area contributed by atoms with Crippen molar-refractivity contribution in [3.63, 3.8) is 0 Å². The van der Waals surface area contributed by atoms with E-state index in [2.05, 4.69) is 10.6 Å². The second-order valence-corrected chi connectivity index (χ2v) is 4.12. The number of hydrogen-bond acceptors (Lipinski definition) is 3. The van der Waals surface area contributed by atoms with Gasteiger partial charge in [-0.1, -0.05) is 12.1 Å². The van der Waals surface area contributed by atoms with Crippen molar-refractivity contribution in [3.05, 3.63) is 24.3 Å². The molecule has 2 rings (SSSR count). The van der Waals surface area contributed by atoms with Gasteiger partial charge in [-0.05, 0) is 25.0 Å². The predicted molar refractivity (Wildman–Crippen MR) is 64.2 cm³/mol. The van der Waals surface area contributed by atoms with Crippen LogP contribution in [0.1, 0.15) is 12.8 Å². The SMILES string of the molecule is COc1ccccc1NC(=O)NC1CC(O)C1. The molecule has 1 aromatic rings. The molecule has 1 aliphatic carbocycles. The first kappa shape index (κ1) is 11.7. The van der Waals surface area contributed by atoms with Gasteiger partial charge in [0, 0.05) is 6.04 Å². The molecule has 1 saturated carbocycles. The summed E-state index contributed by atoms with van der Waals surface area (Å²) in [5.74, 6) is 0.622. The summed E-state index contributed by atoms with van der Waals surface area (Å²) in [5.41, 5.74) is 0.632. The Morgan fingerprint density at radius 2 is 2.12 bits per heavy atom. The van der Waals surface area contributed by atoms with Crippen LogP contribution >= 0.6 is 0 Å². The molecule has 0 heterocycles. The summed E-state index contributed by atoms with van der Waals surface area (Å²) in [6.07, 6.45) is 0.977. The van der Waals surface area contributed by atoms with E-state index in [4.69, 9.17) is 9.84 Å². The van der Waals surface area contributed by atoms with Crippen LogP contribution in [0.15, 0.2) is 24.3 Å². The monoisotopic (exact) mass is 236 g/mol. The van der Waals surface area contributed by atoms with Crippen molar-refractivity contribution in [3.8, 4) is 5.75 Å². The first-order valence-electron chi connectivity index (χ1n) is 5.57. The molecule has 0 saturated heterocycles. The van der Waals surface area contributed by atoms with E-state index in [1.165, 1.54) is 0 Å². The molecule has 17 heavy (non-hydrogen) atoms. The number of para-hydroxylation sites is 2. The maximum Gasteiger partial charge on any atom is 0.319 e. The van der Waals surface area contributed by atoms with Crippen LogP contribution in [0.25, 0.3) is 0 Å². The van der Waals surface area contributed by atoms with Crippen molar-refractivity contribution in [2.24, 2.45) is 0 Å². The van der Waals surface area contributed by atoms with Crippen molar-refractivity contribution < 1.29 is 14.6 Å². The van der Waals surface area contributed by atoms with E-state index in [-0.39, 0.29) is 18.2 Å². The summed E-state index contributed by atoms with van der Waals surface area (Å²) in [6.45, 7) is 0. The molecule has 0 atom stereocenters. The Balaban J connectivity index is 1.89. The van der Waals surface area contributed by atoms with Gasteiger partial charge < -0.3 is 20.5 Å². The summed E-state index contributed by atoms with van der Waals surface area (Å²) in [4.78, 5) is 11.6. The van der Waals surface area contributed by atoms with Crippen LogP contribution in [0.5, 0.6) is 5.75 Å². The molecule has 0 bridgehead atoms. The van der Waals surface area contributed by atoms with Gasteiger partial charge in [-0.3, -0.25) is 0 Å². The lowest BCUT2D eigenvalue weighted by molar-refractivity contribution is 0.0671. The quantitative estimate of drug-likeness (QED) is 0.741. The fourth-order valence-electron chi connectivity index (χ4n) is 1.80. The Morgan fingerprint density at radius 3 is 2.76 bits per heavy atom. The van der Waals surface area contributed by atoms with Gasteiger partial charge in [-0.25, -0.2) is 4.79 Å². The first-order chi connectivity index (χ1) is 8.19. The van der Waals surface area contributed by atoms with E-state index < -0.39 is 0 Å². The van der Waals surface area contributed by atoms with E-state index >= 15 is 0 Å². The number of methoxy groups -OCH3 is 1. The van der Waals surface area contributed by atoms with Crippen LogP contribution in [0.2, 0.25) is 0 Å². The van der Waals surface area contributed by atoms with Gasteiger partial charge in [0.15, 0.2) is 0 Å². The van der Waals surface area contributed by atoms with Gasteiger partial charge in [0.1, 0.15) is 5.75 Å². The molecule has 2 amide bonds. The molecule has 5 heteroatoms. The zero-order valence-corrected chi connectivity index (χ0v) is 9.64. The number of hydrogen-bond donors (Lipinski definition) is 3. The summed E-state index contributed by atoms with van der Waals surface area (Å²) in [7, 11) is 1.56. The number of carbonyl (C=O) groups is 1. The molecule has 1 fully saturated rings. The summed E-state index contributed by atoms with van der Waals surface area (Å²) >= 11 is 0. The smallest absolute Gasteiger partial charge is 0.319 e. The lowest BCUT2D eigenvalue weighted by Gasteiger charge is -2.31. The maximum atomic E-state index is 11.6. The average Bonchev–Trinajstić information content (AvgIpc) is 2.27. The van der Waals surface area contributed by atoms with Crippen molar-refractivity contribution in [2.75, 3.05) is 12.4 Å². The number of ether oxygens (including phenoxy) is 1. The molecular weight excluding hydrogens is 220 g/mol. The Morgan fingerprint density at radius 1 is 1.41 bits per heavy atom. The van der Waals surface area contributed by atoms with Gasteiger partial charge in [-0.15, -0.1) is 0 Å². The number of nitrogens with one attached hydrogen (secondary N) is 2. The zero-order valence-electron chi connectivity index (χ0n) is 9.64. The maximum absolute atomic E-state index is 11.6. The topological polar surface area (TPSA) is 70.6 Å². The van der Waals surface area contributed by atoms with E-state index in [9.17, 15) is 4.79 Å². The molecule has 0 aliphatic heterocycles. The van der Waals surface area contributed by atoms with Crippen molar-refractivity contribution in [2.45, 2.75) is 25.0 Å². The Labute approximate surface area is 99.8 Å². The molecule has 5 nitrogen and oxygen atoms in total. The highest BCUT2D eigenvalue weighted by atomic mass is 16.5. The largest absolute Gasteiger partial charge is 0.495 e. The van der Waals surface area contributed by atoms with Gasteiger partial charge in [0.25, 0.3) is 0 Å². The number of amides is 2. The Kier molecular flexibility index (Phi) is 3.49. The van der Waals surface area contributed by atoms with Crippen LogP contribution < -0.4 is 15.4 Å². The Hall–Kier alpha value is -1.75. The molecule has 0 unspecified atom stereocenters. The number of anilines is 1. The van der Waals surface area contributed by atoms with Crippen molar-refractivity contribution in [1.29, 1.82) is 0 Å². The fraction of sp³-hybridized carbons (Fsp3) is 0.417. The van der Waals surface area contributed by atoms with Crippen LogP contribution in [0.4, 0.5) is 10.5 Å². The molecule has 1 aliphatic rings. The highest BCUT2D eigenvalue weighted by Gasteiger charge is 2.28. The highest BCUT2D eigenvalue weighted by Crippen LogP contribution is 2.23. The number of rotatable bonds is 3. The summed E-state index contributed by atoms with van der Waals surface area (Å²) in [5, 5.41) is 14.6. The van der Waals surface area contributed by atoms with Crippen LogP contribution in [-0.4, -0.2) is 30.4 Å². The third-order valence-corrected chi connectivity index (χ3v) is 2.80. The van der Waals surface area contributed by atoms with Crippen molar-refractivity contribution in [1.82, 2.24) is 5.32 Å². The van der Waals surface area contributed by atoms with Gasteiger partial charge in [-0.2, -0.15) is 0 Å². The standard InChI is InChI=1S/C12H16N2O3/c1-17-11-5-3-2-4-10(11)14-12(16)13-8-6-9(15)7-8/h2-5,8-9,15H,6-7H2,1H3,(H2,13,14,16). The lowest BCUT2D eigenvalue weighted by atomic mass is 9.90. The van der Waals surface area contributed by atoms with Gasteiger partial charge in [0.2, 0.25) is 0 Å². The molecule has 3 N–H and O–H groups in total. The van der Waals surface area contributed by atoms with Gasteiger partial charge in [0.05, 0.1) is 18.9 Å². The third-order valence-electron chi connectivity index (χ3n) is 2.80. The molecule has 1 aromatic carbocycles. The molecule has 0 aromatic heterocycles. The van der Waals surface area contributed by atoms with Crippen LogP contribution in [0, 0.1) is 0 Å². The van der Waals surface area contributed by atoms with E-state index in [0.29, 0.717) is 24.3 Å². The molecule has 92 valence electrons. The normalized spacial score (nSPS) is 22.5. The van der Waals surface area contributed by atoms with E-state index in [1.54, 1.807) is 19.2 Å². The second kappa shape index (κ2) is 5.05. The third kappa shape index (κ3) is 2.88. The summed E-state index contributed by atoms with van der Waals surface area (Å²) in [6, 6.07) is 7.01. The lowest BCUT2D eigenvalue weighted by Crippen LogP contribution is -2.48. The fourth-order valence-corrected chi connectivity index (χ4v) is 1.80. The molecule has 0 radical (unpaired) electrons. The Bertz CT molecular complexity index is 402. The molecular formula is C12H16N2O3. The minimum atomic E-state index is -0.272. The summed E-state index contributed by atoms with van der Waals surface area (Å²) < 4.78 is 5.13. The van der Waals surface area contributed by atoms with Gasteiger partial charge >= 0.3 is 6.03 Å². The van der Waals surface area contributed by atoms with Crippen molar-refractivity contribution >= 4 is 11.7 Å². The number of carbonyl (C=O) groups excluding carboxylic acids is 1.